The molecule has 2 saturated carbocycles. The minimum Gasteiger partial charge on any atom is -0.360 e. The molecular formula is C29H42N3PS. The number of nitrogens with one attached hydrogen (secondary N) is 2. The van der Waals surface area contributed by atoms with Crippen molar-refractivity contribution in [3.8, 4) is 0 Å². The lowest BCUT2D eigenvalue weighted by Crippen LogP contribution is -2.55. The van der Waals surface area contributed by atoms with Gasteiger partial charge < -0.3 is 15.5 Å². The molecule has 184 valence electrons. The van der Waals surface area contributed by atoms with Gasteiger partial charge in [-0.25, -0.2) is 0 Å². The van der Waals surface area contributed by atoms with Crippen LogP contribution in [0.2, 0.25) is 0 Å². The molecule has 0 amide bonds. The minimum atomic E-state index is -0.431. The molecule has 2 aliphatic carbocycles. The van der Waals surface area contributed by atoms with E-state index in [2.05, 4.69) is 104 Å². The van der Waals surface area contributed by atoms with Crippen LogP contribution in [0.3, 0.4) is 0 Å². The molecule has 2 unspecified atom stereocenters. The highest BCUT2D eigenvalue weighted by Gasteiger charge is 2.42. The van der Waals surface area contributed by atoms with Crippen molar-refractivity contribution in [3.05, 3.63) is 60.7 Å². The van der Waals surface area contributed by atoms with Gasteiger partial charge in [0.1, 0.15) is 0 Å². The molecule has 2 aliphatic rings. The van der Waals surface area contributed by atoms with E-state index >= 15 is 0 Å². The number of nitrogens with zero attached hydrogens (tertiary/aromatic N) is 1. The zero-order valence-corrected chi connectivity index (χ0v) is 23.0. The van der Waals surface area contributed by atoms with Crippen molar-refractivity contribution in [2.24, 2.45) is 11.8 Å². The summed E-state index contributed by atoms with van der Waals surface area (Å²) in [4.78, 5) is 2.37. The van der Waals surface area contributed by atoms with Crippen molar-refractivity contribution in [1.82, 2.24) is 15.5 Å². The van der Waals surface area contributed by atoms with Gasteiger partial charge >= 0.3 is 0 Å². The first-order chi connectivity index (χ1) is 16.5. The van der Waals surface area contributed by atoms with E-state index in [1.165, 1.54) is 49.1 Å². The van der Waals surface area contributed by atoms with Gasteiger partial charge in [0.2, 0.25) is 0 Å². The van der Waals surface area contributed by atoms with E-state index in [0.29, 0.717) is 35.6 Å². The topological polar surface area (TPSA) is 27.3 Å². The summed E-state index contributed by atoms with van der Waals surface area (Å²) in [6.07, 6.45) is 7.64. The average Bonchev–Trinajstić information content (AvgIpc) is 3.22. The lowest BCUT2D eigenvalue weighted by molar-refractivity contribution is 0.189. The molecule has 0 bridgehead atoms. The van der Waals surface area contributed by atoms with Crippen LogP contribution in [-0.2, 0) is 0 Å². The molecule has 2 aromatic rings. The highest BCUT2D eigenvalue weighted by Crippen LogP contribution is 2.53. The molecule has 0 radical (unpaired) electrons. The SMILES string of the molecule is CC1CC[C@@H]([C@@H](C)NC(=S)N[C@H]2CCCC[C@@H]2N(C)C)C1P(c1ccccc1)c1ccccc1. The van der Waals surface area contributed by atoms with Crippen molar-refractivity contribution in [2.75, 3.05) is 14.1 Å². The number of hydrogen-bond donors (Lipinski definition) is 2. The summed E-state index contributed by atoms with van der Waals surface area (Å²) in [6.45, 7) is 4.83. The lowest BCUT2D eigenvalue weighted by atomic mass is 9.89. The first-order valence-electron chi connectivity index (χ1n) is 13.1. The lowest BCUT2D eigenvalue weighted by Gasteiger charge is -2.39. The largest absolute Gasteiger partial charge is 0.360 e. The predicted octanol–water partition coefficient (Wildman–Crippen LogP) is 5.26. The molecule has 34 heavy (non-hydrogen) atoms. The van der Waals surface area contributed by atoms with Crippen LogP contribution < -0.4 is 21.2 Å². The number of thiocarbonyl (C=S) groups is 1. The highest BCUT2D eigenvalue weighted by atomic mass is 32.1. The fraction of sp³-hybridized carbons (Fsp3) is 0.552. The second kappa shape index (κ2) is 12.0. The Morgan fingerprint density at radius 1 is 0.912 bits per heavy atom. The van der Waals surface area contributed by atoms with E-state index in [1.807, 2.05) is 0 Å². The van der Waals surface area contributed by atoms with Gasteiger partial charge in [0.15, 0.2) is 5.11 Å². The van der Waals surface area contributed by atoms with Gasteiger partial charge in [0, 0.05) is 18.1 Å². The van der Waals surface area contributed by atoms with Gasteiger partial charge in [0.05, 0.1) is 0 Å². The molecular weight excluding hydrogens is 453 g/mol. The summed E-state index contributed by atoms with van der Waals surface area (Å²) in [7, 11) is 3.97. The van der Waals surface area contributed by atoms with Crippen LogP contribution in [-0.4, -0.2) is 47.9 Å². The number of rotatable bonds is 7. The molecule has 5 heteroatoms. The van der Waals surface area contributed by atoms with Gasteiger partial charge in [-0.15, -0.1) is 0 Å². The normalized spacial score (nSPS) is 28.1. The second-order valence-corrected chi connectivity index (χ2v) is 13.4. The van der Waals surface area contributed by atoms with Gasteiger partial charge in [0.25, 0.3) is 0 Å². The molecule has 4 rings (SSSR count). The van der Waals surface area contributed by atoms with Crippen LogP contribution in [0, 0.1) is 11.8 Å². The molecule has 6 atom stereocenters. The van der Waals surface area contributed by atoms with Crippen LogP contribution in [0.25, 0.3) is 0 Å². The molecule has 0 aromatic heterocycles. The van der Waals surface area contributed by atoms with E-state index < -0.39 is 7.92 Å². The zero-order valence-electron chi connectivity index (χ0n) is 21.3. The van der Waals surface area contributed by atoms with Gasteiger partial charge in [-0.05, 0) is 94.9 Å². The number of hydrogen-bond acceptors (Lipinski definition) is 2. The van der Waals surface area contributed by atoms with E-state index in [4.69, 9.17) is 12.2 Å². The number of benzene rings is 2. The minimum absolute atomic E-state index is 0.355. The summed E-state index contributed by atoms with van der Waals surface area (Å²) in [5.41, 5.74) is 0.648. The Balaban J connectivity index is 1.50. The maximum atomic E-state index is 5.87. The quantitative estimate of drug-likeness (QED) is 0.405. The molecule has 0 spiro atoms. The Labute approximate surface area is 213 Å². The van der Waals surface area contributed by atoms with Crippen LogP contribution in [0.1, 0.15) is 52.4 Å². The van der Waals surface area contributed by atoms with Crippen LogP contribution in [0.15, 0.2) is 60.7 Å². The van der Waals surface area contributed by atoms with Crippen LogP contribution in [0.4, 0.5) is 0 Å². The Morgan fingerprint density at radius 2 is 1.50 bits per heavy atom. The van der Waals surface area contributed by atoms with Crippen molar-refractivity contribution in [3.63, 3.8) is 0 Å². The third-order valence-corrected chi connectivity index (χ3v) is 11.5. The summed E-state index contributed by atoms with van der Waals surface area (Å²) in [5.74, 6) is 1.32. The monoisotopic (exact) mass is 495 g/mol. The zero-order chi connectivity index (χ0) is 24.1. The Hall–Kier alpha value is -1.48. The average molecular weight is 496 g/mol. The third-order valence-electron chi connectivity index (χ3n) is 8.05. The van der Waals surface area contributed by atoms with E-state index in [1.54, 1.807) is 0 Å². The van der Waals surface area contributed by atoms with E-state index in [9.17, 15) is 0 Å². The van der Waals surface area contributed by atoms with Crippen LogP contribution in [0.5, 0.6) is 0 Å². The first kappa shape index (κ1) is 25.6. The Bertz CT molecular complexity index is 867. The van der Waals surface area contributed by atoms with Crippen molar-refractivity contribution in [1.29, 1.82) is 0 Å². The Kier molecular flexibility index (Phi) is 9.02. The van der Waals surface area contributed by atoms with E-state index in [0.717, 1.165) is 5.11 Å². The van der Waals surface area contributed by atoms with Crippen molar-refractivity contribution >= 4 is 35.9 Å². The Morgan fingerprint density at radius 3 is 2.09 bits per heavy atom. The number of likely N-dealkylation sites (N-methyl/N-ethyl adjacent to an activating group) is 1. The standard InChI is InChI=1S/C29H42N3PS/c1-21-19-20-25(22(2)30-29(34)31-26-17-11-12-18-27(26)32(3)4)28(21)33(23-13-7-5-8-14-23)24-15-9-6-10-16-24/h5-10,13-16,21-22,25-28H,11-12,17-20H2,1-4H3,(H2,30,31,34)/t21?,22-,25+,26+,27+,28?/m1/s1. The van der Waals surface area contributed by atoms with Gasteiger partial charge in [-0.2, -0.15) is 0 Å². The maximum absolute atomic E-state index is 5.87. The third kappa shape index (κ3) is 6.01. The summed E-state index contributed by atoms with van der Waals surface area (Å²) in [5, 5.41) is 11.3. The molecule has 2 fully saturated rings. The molecule has 3 nitrogen and oxygen atoms in total. The smallest absolute Gasteiger partial charge is 0.166 e. The van der Waals surface area contributed by atoms with E-state index in [-0.39, 0.29) is 0 Å². The molecule has 0 saturated heterocycles. The summed E-state index contributed by atoms with van der Waals surface area (Å²) >= 11 is 5.87. The molecule has 0 heterocycles. The predicted molar refractivity (Wildman–Crippen MR) is 153 cm³/mol. The molecule has 2 aromatic carbocycles. The summed E-state index contributed by atoms with van der Waals surface area (Å²) < 4.78 is 0. The first-order valence-corrected chi connectivity index (χ1v) is 14.9. The van der Waals surface area contributed by atoms with Crippen molar-refractivity contribution < 1.29 is 0 Å². The fourth-order valence-corrected chi connectivity index (χ4v) is 10.1. The second-order valence-electron chi connectivity index (χ2n) is 10.6. The fourth-order valence-electron chi connectivity index (χ4n) is 6.30. The molecule has 2 N–H and O–H groups in total. The van der Waals surface area contributed by atoms with Gasteiger partial charge in [-0.3, -0.25) is 0 Å². The van der Waals surface area contributed by atoms with Crippen molar-refractivity contribution in [2.45, 2.75) is 76.2 Å². The highest BCUT2D eigenvalue weighted by molar-refractivity contribution is 7.80. The van der Waals surface area contributed by atoms with Gasteiger partial charge in [-0.1, -0.05) is 80.4 Å². The summed E-state index contributed by atoms with van der Waals surface area (Å²) in [6, 6.07) is 23.8. The van der Waals surface area contributed by atoms with Crippen LogP contribution >= 0.6 is 20.1 Å². The molecule has 0 aliphatic heterocycles. The maximum Gasteiger partial charge on any atom is 0.166 e.